The number of imide groups is 1. The van der Waals surface area contributed by atoms with Gasteiger partial charge in [-0.25, -0.2) is 4.79 Å². The first kappa shape index (κ1) is 11.0. The van der Waals surface area contributed by atoms with E-state index in [1.165, 1.54) is 0 Å². The van der Waals surface area contributed by atoms with Crippen LogP contribution in [0.25, 0.3) is 0 Å². The van der Waals surface area contributed by atoms with Gasteiger partial charge in [0.1, 0.15) is 0 Å². The third kappa shape index (κ3) is 2.72. The Hall–Kier alpha value is -1.06. The van der Waals surface area contributed by atoms with E-state index in [1.807, 2.05) is 6.92 Å². The summed E-state index contributed by atoms with van der Waals surface area (Å²) in [5.41, 5.74) is 0. The second-order valence-electron chi connectivity index (χ2n) is 4.28. The van der Waals surface area contributed by atoms with Crippen molar-refractivity contribution in [3.63, 3.8) is 0 Å². The second kappa shape index (κ2) is 4.44. The van der Waals surface area contributed by atoms with Gasteiger partial charge >= 0.3 is 6.03 Å². The molecule has 1 unspecified atom stereocenters. The van der Waals surface area contributed by atoms with E-state index in [9.17, 15) is 9.59 Å². The Bertz CT molecular complexity index is 238. The van der Waals surface area contributed by atoms with Crippen LogP contribution in [0.4, 0.5) is 4.79 Å². The van der Waals surface area contributed by atoms with Crippen LogP contribution in [0.1, 0.15) is 33.6 Å². The molecule has 1 heterocycles. The van der Waals surface area contributed by atoms with Gasteiger partial charge in [-0.05, 0) is 19.3 Å². The van der Waals surface area contributed by atoms with Crippen molar-refractivity contribution < 1.29 is 9.59 Å². The number of nitrogens with one attached hydrogen (secondary N) is 1. The minimum Gasteiger partial charge on any atom is -0.321 e. The lowest BCUT2D eigenvalue weighted by Crippen LogP contribution is -2.52. The van der Waals surface area contributed by atoms with Gasteiger partial charge in [0.05, 0.1) is 0 Å². The van der Waals surface area contributed by atoms with Gasteiger partial charge in [0.2, 0.25) is 5.91 Å². The van der Waals surface area contributed by atoms with Crippen LogP contribution >= 0.6 is 0 Å². The van der Waals surface area contributed by atoms with E-state index in [1.54, 1.807) is 4.90 Å². The zero-order chi connectivity index (χ0) is 10.7. The van der Waals surface area contributed by atoms with Gasteiger partial charge in [0.25, 0.3) is 0 Å². The van der Waals surface area contributed by atoms with Gasteiger partial charge in [-0.1, -0.05) is 13.8 Å². The lowest BCUT2D eigenvalue weighted by molar-refractivity contribution is -0.121. The van der Waals surface area contributed by atoms with Crippen LogP contribution in [-0.4, -0.2) is 29.4 Å². The zero-order valence-electron chi connectivity index (χ0n) is 9.04. The van der Waals surface area contributed by atoms with Crippen molar-refractivity contribution in [3.05, 3.63) is 0 Å². The monoisotopic (exact) mass is 198 g/mol. The molecule has 1 atom stereocenters. The summed E-state index contributed by atoms with van der Waals surface area (Å²) < 4.78 is 0. The molecule has 1 saturated heterocycles. The Morgan fingerprint density at radius 2 is 2.00 bits per heavy atom. The average molecular weight is 198 g/mol. The largest absolute Gasteiger partial charge is 0.324 e. The standard InChI is InChI=1S/C10H18N2O2/c1-7(2)6-8(3)12-5-4-9(13)11-10(12)14/h7-8H,4-6H2,1-3H3,(H,11,13,14). The van der Waals surface area contributed by atoms with E-state index in [2.05, 4.69) is 19.2 Å². The van der Waals surface area contributed by atoms with E-state index in [-0.39, 0.29) is 18.0 Å². The molecule has 0 saturated carbocycles. The normalized spacial score (nSPS) is 19.9. The molecule has 0 aromatic carbocycles. The van der Waals surface area contributed by atoms with Crippen molar-refractivity contribution in [3.8, 4) is 0 Å². The summed E-state index contributed by atoms with van der Waals surface area (Å²) in [5.74, 6) is 0.401. The Labute approximate surface area is 84.7 Å². The van der Waals surface area contributed by atoms with E-state index in [4.69, 9.17) is 0 Å². The molecule has 4 nitrogen and oxygen atoms in total. The molecular formula is C10H18N2O2. The summed E-state index contributed by atoms with van der Waals surface area (Å²) in [6.45, 7) is 6.83. The molecule has 1 N–H and O–H groups in total. The molecule has 0 spiro atoms. The molecule has 0 aromatic heterocycles. The molecule has 80 valence electrons. The molecule has 0 bridgehead atoms. The van der Waals surface area contributed by atoms with Crippen molar-refractivity contribution in [2.24, 2.45) is 5.92 Å². The lowest BCUT2D eigenvalue weighted by atomic mass is 10.0. The number of hydrogen-bond donors (Lipinski definition) is 1. The fraction of sp³-hybridized carbons (Fsp3) is 0.800. The summed E-state index contributed by atoms with van der Waals surface area (Å²) in [4.78, 5) is 24.1. The molecule has 14 heavy (non-hydrogen) atoms. The topological polar surface area (TPSA) is 49.4 Å². The highest BCUT2D eigenvalue weighted by Crippen LogP contribution is 2.13. The first-order valence-electron chi connectivity index (χ1n) is 5.11. The van der Waals surface area contributed by atoms with Crippen molar-refractivity contribution in [1.29, 1.82) is 0 Å². The maximum atomic E-state index is 11.4. The summed E-state index contributed by atoms with van der Waals surface area (Å²) in [7, 11) is 0. The number of rotatable bonds is 3. The predicted molar refractivity (Wildman–Crippen MR) is 53.8 cm³/mol. The molecule has 0 aromatic rings. The summed E-state index contributed by atoms with van der Waals surface area (Å²) in [6.07, 6.45) is 1.40. The molecule has 1 aliphatic heterocycles. The Balaban J connectivity index is 2.51. The minimum atomic E-state index is -0.241. The molecule has 4 heteroatoms. The van der Waals surface area contributed by atoms with E-state index >= 15 is 0 Å². The molecule has 1 rings (SSSR count). The second-order valence-corrected chi connectivity index (χ2v) is 4.28. The number of carbonyl (C=O) groups is 2. The van der Waals surface area contributed by atoms with Crippen LogP contribution in [0.5, 0.6) is 0 Å². The van der Waals surface area contributed by atoms with Crippen LogP contribution in [0.15, 0.2) is 0 Å². The number of hydrogen-bond acceptors (Lipinski definition) is 2. The first-order chi connectivity index (χ1) is 6.50. The van der Waals surface area contributed by atoms with Crippen LogP contribution in [0.3, 0.4) is 0 Å². The van der Waals surface area contributed by atoms with Gasteiger partial charge in [-0.15, -0.1) is 0 Å². The minimum absolute atomic E-state index is 0.164. The fourth-order valence-corrected chi connectivity index (χ4v) is 1.81. The van der Waals surface area contributed by atoms with Crippen molar-refractivity contribution in [2.75, 3.05) is 6.54 Å². The van der Waals surface area contributed by atoms with Crippen molar-refractivity contribution in [2.45, 2.75) is 39.7 Å². The van der Waals surface area contributed by atoms with Gasteiger partial charge < -0.3 is 4.90 Å². The van der Waals surface area contributed by atoms with Crippen LogP contribution in [0.2, 0.25) is 0 Å². The highest BCUT2D eigenvalue weighted by Gasteiger charge is 2.26. The van der Waals surface area contributed by atoms with Crippen LogP contribution < -0.4 is 5.32 Å². The molecule has 3 amide bonds. The average Bonchev–Trinajstić information content (AvgIpc) is 2.01. The van der Waals surface area contributed by atoms with Crippen molar-refractivity contribution in [1.82, 2.24) is 10.2 Å². The van der Waals surface area contributed by atoms with E-state index < -0.39 is 0 Å². The van der Waals surface area contributed by atoms with Crippen LogP contribution in [0, 0.1) is 5.92 Å². The number of nitrogens with zero attached hydrogens (tertiary/aromatic N) is 1. The number of carbonyl (C=O) groups excluding carboxylic acids is 2. The molecular weight excluding hydrogens is 180 g/mol. The molecule has 1 fully saturated rings. The third-order valence-corrected chi connectivity index (χ3v) is 2.43. The maximum Gasteiger partial charge on any atom is 0.324 e. The van der Waals surface area contributed by atoms with E-state index in [0.29, 0.717) is 18.9 Å². The van der Waals surface area contributed by atoms with Gasteiger partial charge in [-0.2, -0.15) is 0 Å². The number of amides is 3. The lowest BCUT2D eigenvalue weighted by Gasteiger charge is -2.32. The Kier molecular flexibility index (Phi) is 3.49. The van der Waals surface area contributed by atoms with Gasteiger partial charge in [0, 0.05) is 19.0 Å². The SMILES string of the molecule is CC(C)CC(C)N1CCC(=O)NC1=O. The third-order valence-electron chi connectivity index (χ3n) is 2.43. The highest BCUT2D eigenvalue weighted by atomic mass is 16.2. The summed E-state index contributed by atoms with van der Waals surface area (Å²) in [6, 6.07) is -0.0301. The Morgan fingerprint density at radius 1 is 1.36 bits per heavy atom. The van der Waals surface area contributed by atoms with Gasteiger partial charge in [-0.3, -0.25) is 10.1 Å². The molecule has 0 aliphatic carbocycles. The first-order valence-corrected chi connectivity index (χ1v) is 5.11. The quantitative estimate of drug-likeness (QED) is 0.744. The summed E-state index contributed by atoms with van der Waals surface area (Å²) >= 11 is 0. The van der Waals surface area contributed by atoms with E-state index in [0.717, 1.165) is 6.42 Å². The Morgan fingerprint density at radius 3 is 2.50 bits per heavy atom. The smallest absolute Gasteiger partial charge is 0.321 e. The maximum absolute atomic E-state index is 11.4. The van der Waals surface area contributed by atoms with Crippen molar-refractivity contribution >= 4 is 11.9 Å². The predicted octanol–water partition coefficient (Wildman–Crippen LogP) is 1.36. The molecule has 0 radical (unpaired) electrons. The zero-order valence-corrected chi connectivity index (χ0v) is 9.04. The van der Waals surface area contributed by atoms with Crippen LogP contribution in [-0.2, 0) is 4.79 Å². The van der Waals surface area contributed by atoms with Gasteiger partial charge in [0.15, 0.2) is 0 Å². The fourth-order valence-electron chi connectivity index (χ4n) is 1.81. The highest BCUT2D eigenvalue weighted by molar-refractivity contribution is 5.96. The number of urea groups is 1. The summed E-state index contributed by atoms with van der Waals surface area (Å²) in [5, 5.41) is 2.33. The molecule has 1 aliphatic rings.